The SMILES string of the molecule is C[C@H](CCCC(C)(C)N)C1CCC2C3CC=C4C(CC[C@H](O[C@H]5C[C@@H](O)C[C@@H](CO)O5)C4(C)C)[C@]3(C)C(=O)C[C@@]21C. The lowest BCUT2D eigenvalue weighted by atomic mass is 9.43. The average Bonchev–Trinajstić information content (AvgIpc) is 3.21. The van der Waals surface area contributed by atoms with Crippen molar-refractivity contribution in [1.82, 2.24) is 0 Å². The van der Waals surface area contributed by atoms with Crippen LogP contribution in [0.15, 0.2) is 11.6 Å². The largest absolute Gasteiger partial charge is 0.394 e. The van der Waals surface area contributed by atoms with Crippen molar-refractivity contribution >= 4 is 5.78 Å². The first-order valence-electron chi connectivity index (χ1n) is 16.7. The van der Waals surface area contributed by atoms with E-state index in [1.807, 2.05) is 0 Å². The van der Waals surface area contributed by atoms with Crippen LogP contribution >= 0.6 is 0 Å². The van der Waals surface area contributed by atoms with Crippen molar-refractivity contribution in [3.8, 4) is 0 Å². The minimum absolute atomic E-state index is 0.0426. The fourth-order valence-electron chi connectivity index (χ4n) is 10.6. The minimum Gasteiger partial charge on any atom is -0.394 e. The molecule has 6 heteroatoms. The van der Waals surface area contributed by atoms with Crippen molar-refractivity contribution in [1.29, 1.82) is 0 Å². The van der Waals surface area contributed by atoms with E-state index >= 15 is 0 Å². The third kappa shape index (κ3) is 5.63. The van der Waals surface area contributed by atoms with Crippen molar-refractivity contribution in [3.05, 3.63) is 11.6 Å². The second-order valence-corrected chi connectivity index (χ2v) is 16.5. The Kier molecular flexibility index (Phi) is 8.71. The third-order valence-corrected chi connectivity index (χ3v) is 12.9. The fourth-order valence-corrected chi connectivity index (χ4v) is 10.6. The molecule has 1 aliphatic heterocycles. The molecular weight excluding hydrogens is 514 g/mol. The smallest absolute Gasteiger partial charge is 0.160 e. The molecule has 4 fully saturated rings. The first-order valence-corrected chi connectivity index (χ1v) is 16.7. The normalized spacial score (nSPS) is 44.9. The Morgan fingerprint density at radius 2 is 1.85 bits per heavy atom. The molecule has 4 aliphatic carbocycles. The van der Waals surface area contributed by atoms with Gasteiger partial charge in [-0.2, -0.15) is 0 Å². The second-order valence-electron chi connectivity index (χ2n) is 16.5. The summed E-state index contributed by atoms with van der Waals surface area (Å²) in [5.74, 6) is 3.01. The van der Waals surface area contributed by atoms with E-state index in [0.29, 0.717) is 42.3 Å². The zero-order valence-corrected chi connectivity index (χ0v) is 27.0. The van der Waals surface area contributed by atoms with Crippen LogP contribution in [0.2, 0.25) is 0 Å². The Hall–Kier alpha value is -0.790. The molecule has 0 radical (unpaired) electrons. The maximum Gasteiger partial charge on any atom is 0.160 e. The van der Waals surface area contributed by atoms with E-state index in [1.54, 1.807) is 0 Å². The van der Waals surface area contributed by atoms with Crippen molar-refractivity contribution < 1.29 is 24.5 Å². The Morgan fingerprint density at radius 3 is 2.54 bits per heavy atom. The number of allylic oxidation sites excluding steroid dienone is 1. The summed E-state index contributed by atoms with van der Waals surface area (Å²) >= 11 is 0. The summed E-state index contributed by atoms with van der Waals surface area (Å²) in [6, 6.07) is 0. The molecule has 0 amide bonds. The number of ether oxygens (including phenoxy) is 2. The molecule has 5 rings (SSSR count). The topological polar surface area (TPSA) is 102 Å². The van der Waals surface area contributed by atoms with Crippen LogP contribution in [0.3, 0.4) is 0 Å². The summed E-state index contributed by atoms with van der Waals surface area (Å²) in [5.41, 5.74) is 7.13. The lowest BCUT2D eigenvalue weighted by Crippen LogP contribution is -2.60. The van der Waals surface area contributed by atoms with Gasteiger partial charge in [0.2, 0.25) is 0 Å². The molecule has 234 valence electrons. The summed E-state index contributed by atoms with van der Waals surface area (Å²) in [5, 5.41) is 19.9. The van der Waals surface area contributed by atoms with Gasteiger partial charge in [0.05, 0.1) is 24.9 Å². The molecule has 1 heterocycles. The van der Waals surface area contributed by atoms with E-state index in [2.05, 4.69) is 54.5 Å². The number of carbonyl (C=O) groups excluding carboxylic acids is 1. The number of fused-ring (bicyclic) bond motifs is 5. The van der Waals surface area contributed by atoms with E-state index in [0.717, 1.165) is 38.5 Å². The highest BCUT2D eigenvalue weighted by molar-refractivity contribution is 5.88. The maximum absolute atomic E-state index is 14.4. The molecule has 5 aliphatic rings. The molecule has 0 bridgehead atoms. The monoisotopic (exact) mass is 573 g/mol. The maximum atomic E-state index is 14.4. The van der Waals surface area contributed by atoms with Crippen molar-refractivity contribution in [2.75, 3.05) is 6.61 Å². The van der Waals surface area contributed by atoms with Crippen molar-refractivity contribution in [2.45, 2.75) is 149 Å². The zero-order chi connectivity index (χ0) is 30.0. The highest BCUT2D eigenvalue weighted by Gasteiger charge is 2.65. The Bertz CT molecular complexity index is 1000. The van der Waals surface area contributed by atoms with Gasteiger partial charge in [-0.25, -0.2) is 0 Å². The van der Waals surface area contributed by atoms with Crippen molar-refractivity contribution in [3.63, 3.8) is 0 Å². The number of hydrogen-bond acceptors (Lipinski definition) is 6. The molecule has 6 nitrogen and oxygen atoms in total. The average molecular weight is 574 g/mol. The molecular formula is C35H59NO5. The molecule has 1 saturated heterocycles. The van der Waals surface area contributed by atoms with Crippen molar-refractivity contribution in [2.24, 2.45) is 51.6 Å². The number of nitrogens with two attached hydrogens (primary N) is 1. The highest BCUT2D eigenvalue weighted by atomic mass is 16.7. The summed E-state index contributed by atoms with van der Waals surface area (Å²) in [4.78, 5) is 14.4. The van der Waals surface area contributed by atoms with Gasteiger partial charge in [-0.1, -0.05) is 59.1 Å². The highest BCUT2D eigenvalue weighted by Crippen LogP contribution is 2.69. The number of aliphatic hydroxyl groups excluding tert-OH is 2. The first-order chi connectivity index (χ1) is 19.1. The van der Waals surface area contributed by atoms with Gasteiger partial charge < -0.3 is 25.4 Å². The van der Waals surface area contributed by atoms with Gasteiger partial charge in [-0.15, -0.1) is 0 Å². The van der Waals surface area contributed by atoms with E-state index in [-0.39, 0.29) is 46.5 Å². The summed E-state index contributed by atoms with van der Waals surface area (Å²) in [6.45, 7) is 15.9. The molecule has 0 spiro atoms. The molecule has 4 N–H and O–H groups in total. The number of Topliss-reactive ketones (excluding diaryl/α,β-unsaturated/α-hetero) is 1. The summed E-state index contributed by atoms with van der Waals surface area (Å²) in [7, 11) is 0. The molecule has 41 heavy (non-hydrogen) atoms. The van der Waals surface area contributed by atoms with Crippen LogP contribution in [0.25, 0.3) is 0 Å². The summed E-state index contributed by atoms with van der Waals surface area (Å²) in [6.07, 6.45) is 11.4. The second kappa shape index (κ2) is 11.3. The van der Waals surface area contributed by atoms with Crippen LogP contribution in [0.1, 0.15) is 119 Å². The van der Waals surface area contributed by atoms with Crippen LogP contribution in [0.4, 0.5) is 0 Å². The van der Waals surface area contributed by atoms with Gasteiger partial charge in [0.15, 0.2) is 6.29 Å². The van der Waals surface area contributed by atoms with Crippen LogP contribution in [0.5, 0.6) is 0 Å². The standard InChI is InChI=1S/C35H59NO5/c1-21(9-8-16-32(2,3)36)24-10-12-26-28-13-11-25-27(35(28,7)29(39)19-34(24,26)6)14-15-30(33(25,4)5)41-31-18-22(38)17-23(20-37)40-31/h11,21-24,26-28,30-31,37-38H,8-10,12-20,36H2,1-7H3/t21-,22+,23+,24?,26?,27?,28?,30+,31+,34-,35+/m1/s1. The van der Waals surface area contributed by atoms with E-state index in [9.17, 15) is 15.0 Å². The predicted molar refractivity (Wildman–Crippen MR) is 162 cm³/mol. The molecule has 3 saturated carbocycles. The van der Waals surface area contributed by atoms with Crippen LogP contribution < -0.4 is 5.73 Å². The molecule has 4 unspecified atom stereocenters. The van der Waals surface area contributed by atoms with Gasteiger partial charge >= 0.3 is 0 Å². The molecule has 11 atom stereocenters. The van der Waals surface area contributed by atoms with Gasteiger partial charge in [-0.05, 0) is 87.4 Å². The van der Waals surface area contributed by atoms with Crippen LogP contribution in [0, 0.1) is 45.8 Å². The number of rotatable bonds is 8. The van der Waals surface area contributed by atoms with E-state index in [1.165, 1.54) is 24.8 Å². The Labute approximate surface area is 249 Å². The Morgan fingerprint density at radius 1 is 1.12 bits per heavy atom. The molecule has 0 aromatic rings. The van der Waals surface area contributed by atoms with Crippen LogP contribution in [-0.2, 0) is 14.3 Å². The Balaban J connectivity index is 1.33. The quantitative estimate of drug-likeness (QED) is 0.300. The number of carbonyl (C=O) groups is 1. The lowest BCUT2D eigenvalue weighted by molar-refractivity contribution is -0.255. The molecule has 0 aromatic carbocycles. The van der Waals surface area contributed by atoms with Gasteiger partial charge in [0, 0.05) is 35.6 Å². The minimum atomic E-state index is -0.515. The molecule has 0 aromatic heterocycles. The van der Waals surface area contributed by atoms with Gasteiger partial charge in [0.25, 0.3) is 0 Å². The van der Waals surface area contributed by atoms with Gasteiger partial charge in [0.1, 0.15) is 5.78 Å². The number of ketones is 1. The lowest BCUT2D eigenvalue weighted by Gasteiger charge is -2.61. The van der Waals surface area contributed by atoms with Gasteiger partial charge in [-0.3, -0.25) is 4.79 Å². The first kappa shape index (κ1) is 31.6. The zero-order valence-electron chi connectivity index (χ0n) is 27.0. The van der Waals surface area contributed by atoms with Crippen LogP contribution in [-0.4, -0.2) is 52.7 Å². The predicted octanol–water partition coefficient (Wildman–Crippen LogP) is 6.17. The fraction of sp³-hybridized carbons (Fsp3) is 0.914. The number of hydrogen-bond donors (Lipinski definition) is 3. The number of aliphatic hydroxyl groups is 2. The van der Waals surface area contributed by atoms with E-state index < -0.39 is 12.4 Å². The summed E-state index contributed by atoms with van der Waals surface area (Å²) < 4.78 is 12.5. The van der Waals surface area contributed by atoms with E-state index in [4.69, 9.17) is 15.2 Å². The third-order valence-electron chi connectivity index (χ3n) is 12.9.